The van der Waals surface area contributed by atoms with E-state index in [2.05, 4.69) is 56.8 Å². The molecule has 0 aromatic carbocycles. The molecule has 0 fully saturated rings. The Labute approximate surface area is 95.0 Å². The van der Waals surface area contributed by atoms with Crippen LogP contribution in [0.15, 0.2) is 27.9 Å². The van der Waals surface area contributed by atoms with Crippen LogP contribution in [0.25, 0.3) is 0 Å². The van der Waals surface area contributed by atoms with Gasteiger partial charge in [0.25, 0.3) is 0 Å². The van der Waals surface area contributed by atoms with Crippen LogP contribution < -0.4 is 0 Å². The highest BCUT2D eigenvalue weighted by atomic mass is 28.3. The van der Waals surface area contributed by atoms with Gasteiger partial charge in [-0.3, -0.25) is 4.99 Å². The lowest BCUT2D eigenvalue weighted by molar-refractivity contribution is 0.899. The van der Waals surface area contributed by atoms with Gasteiger partial charge in [-0.2, -0.15) is 0 Å². The van der Waals surface area contributed by atoms with Crippen LogP contribution in [-0.2, 0) is 0 Å². The topological polar surface area (TPSA) is 12.4 Å². The molecule has 1 aliphatic carbocycles. The maximum Gasteiger partial charge on any atom is 0.0732 e. The minimum Gasteiger partial charge on any atom is -0.293 e. The highest BCUT2D eigenvalue weighted by Gasteiger charge is 2.23. The van der Waals surface area contributed by atoms with Crippen LogP contribution in [0.3, 0.4) is 0 Å². The number of aliphatic imine (C=N–C) groups is 1. The van der Waals surface area contributed by atoms with Gasteiger partial charge in [0, 0.05) is 6.21 Å². The molecule has 1 aliphatic rings. The Morgan fingerprint density at radius 2 is 2.07 bits per heavy atom. The normalized spacial score (nSPS) is 17.5. The van der Waals surface area contributed by atoms with E-state index in [-0.39, 0.29) is 0 Å². The molecule has 0 spiro atoms. The van der Waals surface area contributed by atoms with Gasteiger partial charge in [0.15, 0.2) is 0 Å². The van der Waals surface area contributed by atoms with E-state index in [1.165, 1.54) is 12.0 Å². The van der Waals surface area contributed by atoms with Crippen LogP contribution >= 0.6 is 0 Å². The zero-order valence-corrected chi connectivity index (χ0v) is 11.7. The molecule has 84 valence electrons. The van der Waals surface area contributed by atoms with Gasteiger partial charge in [0.1, 0.15) is 0 Å². The van der Waals surface area contributed by atoms with Crippen LogP contribution in [0.2, 0.25) is 19.6 Å². The van der Waals surface area contributed by atoms with Crippen molar-refractivity contribution in [2.45, 2.75) is 39.9 Å². The Balaban J connectivity index is 2.70. The molecular weight excluding hydrogens is 198 g/mol. The summed E-state index contributed by atoms with van der Waals surface area (Å²) < 4.78 is 0. The van der Waals surface area contributed by atoms with Gasteiger partial charge in [-0.05, 0) is 17.9 Å². The first-order chi connectivity index (χ1) is 6.91. The summed E-state index contributed by atoms with van der Waals surface area (Å²) in [5, 5.41) is 1.68. The molecular formula is C13H23NSi. The average molecular weight is 221 g/mol. The third kappa shape index (κ3) is 3.78. The third-order valence-corrected chi connectivity index (χ3v) is 4.94. The van der Waals surface area contributed by atoms with Crippen molar-refractivity contribution < 1.29 is 0 Å². The summed E-state index contributed by atoms with van der Waals surface area (Å²) in [7, 11) is -1.12. The van der Waals surface area contributed by atoms with Crippen LogP contribution in [-0.4, -0.2) is 20.8 Å². The second kappa shape index (κ2) is 4.93. The maximum atomic E-state index is 4.50. The predicted molar refractivity (Wildman–Crippen MR) is 72.3 cm³/mol. The van der Waals surface area contributed by atoms with E-state index in [1.807, 2.05) is 0 Å². The standard InChI is InChI=1S/C13H23NSi/c1-11(2)9-14-10-12-7-6-8-13(12)15(3,4)5/h6-7,9,11H,8,10H2,1-5H3. The first-order valence-corrected chi connectivity index (χ1v) is 9.30. The molecule has 1 rings (SSSR count). The molecule has 0 saturated carbocycles. The highest BCUT2D eigenvalue weighted by molar-refractivity contribution is 6.83. The Bertz CT molecular complexity index is 303. The lowest BCUT2D eigenvalue weighted by Crippen LogP contribution is -2.24. The van der Waals surface area contributed by atoms with Gasteiger partial charge in [0.2, 0.25) is 0 Å². The maximum absolute atomic E-state index is 4.50. The zero-order valence-electron chi connectivity index (χ0n) is 10.7. The predicted octanol–water partition coefficient (Wildman–Crippen LogP) is 3.85. The smallest absolute Gasteiger partial charge is 0.0732 e. The fourth-order valence-corrected chi connectivity index (χ4v) is 3.70. The molecule has 0 amide bonds. The summed E-state index contributed by atoms with van der Waals surface area (Å²) in [4.78, 5) is 4.50. The molecule has 0 unspecified atom stereocenters. The molecule has 0 aliphatic heterocycles. The fourth-order valence-electron chi connectivity index (χ4n) is 1.85. The van der Waals surface area contributed by atoms with Crippen LogP contribution in [0.1, 0.15) is 20.3 Å². The fraction of sp³-hybridized carbons (Fsp3) is 0.615. The van der Waals surface area contributed by atoms with E-state index in [4.69, 9.17) is 0 Å². The molecule has 1 nitrogen and oxygen atoms in total. The van der Waals surface area contributed by atoms with E-state index in [1.54, 1.807) is 5.20 Å². The van der Waals surface area contributed by atoms with E-state index in [9.17, 15) is 0 Å². The number of hydrogen-bond donors (Lipinski definition) is 0. The van der Waals surface area contributed by atoms with Crippen molar-refractivity contribution in [2.75, 3.05) is 6.54 Å². The van der Waals surface area contributed by atoms with E-state index >= 15 is 0 Å². The first kappa shape index (κ1) is 12.4. The van der Waals surface area contributed by atoms with Crippen LogP contribution in [0, 0.1) is 5.92 Å². The van der Waals surface area contributed by atoms with Crippen LogP contribution in [0.5, 0.6) is 0 Å². The monoisotopic (exact) mass is 221 g/mol. The van der Waals surface area contributed by atoms with Gasteiger partial charge < -0.3 is 0 Å². The Morgan fingerprint density at radius 1 is 1.40 bits per heavy atom. The minimum absolute atomic E-state index is 0.561. The third-order valence-electron chi connectivity index (χ3n) is 2.60. The number of allylic oxidation sites excluding steroid dienone is 2. The van der Waals surface area contributed by atoms with E-state index in [0.29, 0.717) is 5.92 Å². The first-order valence-electron chi connectivity index (χ1n) is 5.80. The molecule has 0 saturated heterocycles. The summed E-state index contributed by atoms with van der Waals surface area (Å²) >= 11 is 0. The molecule has 2 heteroatoms. The molecule has 0 atom stereocenters. The SMILES string of the molecule is CC(C)C=NCC1=C([Si](C)(C)C)CC=C1. The molecule has 15 heavy (non-hydrogen) atoms. The molecule has 0 radical (unpaired) electrons. The molecule has 0 aromatic rings. The minimum atomic E-state index is -1.12. The van der Waals surface area contributed by atoms with Gasteiger partial charge in [0.05, 0.1) is 14.6 Å². The lowest BCUT2D eigenvalue weighted by atomic mass is 10.2. The summed E-state index contributed by atoms with van der Waals surface area (Å²) in [6.45, 7) is 12.5. The van der Waals surface area contributed by atoms with Crippen LogP contribution in [0.4, 0.5) is 0 Å². The lowest BCUT2D eigenvalue weighted by Gasteiger charge is -2.20. The van der Waals surface area contributed by atoms with Crippen molar-refractivity contribution in [2.24, 2.45) is 10.9 Å². The molecule has 0 N–H and O–H groups in total. The summed E-state index contributed by atoms with van der Waals surface area (Å²) in [5.41, 5.74) is 1.48. The second-order valence-electron chi connectivity index (χ2n) is 5.59. The van der Waals surface area contributed by atoms with Gasteiger partial charge in [-0.1, -0.05) is 50.8 Å². The Morgan fingerprint density at radius 3 is 2.60 bits per heavy atom. The van der Waals surface area contributed by atoms with Gasteiger partial charge in [-0.15, -0.1) is 0 Å². The van der Waals surface area contributed by atoms with E-state index < -0.39 is 8.07 Å². The molecule has 0 aromatic heterocycles. The van der Waals surface area contributed by atoms with Gasteiger partial charge in [-0.25, -0.2) is 0 Å². The van der Waals surface area contributed by atoms with E-state index in [0.717, 1.165) is 6.54 Å². The van der Waals surface area contributed by atoms with Crippen molar-refractivity contribution in [3.8, 4) is 0 Å². The Kier molecular flexibility index (Phi) is 4.09. The summed E-state index contributed by atoms with van der Waals surface area (Å²) in [6.07, 6.45) is 7.78. The summed E-state index contributed by atoms with van der Waals surface area (Å²) in [6, 6.07) is 0. The van der Waals surface area contributed by atoms with Crippen molar-refractivity contribution >= 4 is 14.3 Å². The number of rotatable bonds is 4. The summed E-state index contributed by atoms with van der Waals surface area (Å²) in [5.74, 6) is 0.561. The number of hydrogen-bond acceptors (Lipinski definition) is 1. The number of nitrogens with zero attached hydrogens (tertiary/aromatic N) is 1. The van der Waals surface area contributed by atoms with Crippen molar-refractivity contribution in [3.63, 3.8) is 0 Å². The van der Waals surface area contributed by atoms with Crippen molar-refractivity contribution in [1.29, 1.82) is 0 Å². The Hall–Kier alpha value is -0.633. The zero-order chi connectivity index (χ0) is 11.5. The molecule has 0 bridgehead atoms. The van der Waals surface area contributed by atoms with Crippen molar-refractivity contribution in [1.82, 2.24) is 0 Å². The highest BCUT2D eigenvalue weighted by Crippen LogP contribution is 2.28. The van der Waals surface area contributed by atoms with Crippen molar-refractivity contribution in [3.05, 3.63) is 22.9 Å². The second-order valence-corrected chi connectivity index (χ2v) is 10.7. The average Bonchev–Trinajstić information content (AvgIpc) is 2.50. The van der Waals surface area contributed by atoms with Gasteiger partial charge >= 0.3 is 0 Å². The molecule has 0 heterocycles. The quantitative estimate of drug-likeness (QED) is 0.505. The largest absolute Gasteiger partial charge is 0.293 e.